The van der Waals surface area contributed by atoms with E-state index in [9.17, 15) is 8.42 Å². The fraction of sp³-hybridized carbons (Fsp3) is 0.357. The number of imidazole rings is 1. The molecule has 0 spiro atoms. The number of hydrogen-bond acceptors (Lipinski definition) is 4. The Morgan fingerprint density at radius 2 is 2.05 bits per heavy atom. The average molecular weight is 326 g/mol. The zero-order valence-electron chi connectivity index (χ0n) is 11.4. The molecule has 1 aliphatic heterocycles. The van der Waals surface area contributed by atoms with Gasteiger partial charge in [-0.2, -0.15) is 0 Å². The highest BCUT2D eigenvalue weighted by Gasteiger charge is 2.24. The molecule has 0 saturated carbocycles. The maximum absolute atomic E-state index is 11.5. The van der Waals surface area contributed by atoms with Crippen LogP contribution in [0, 0.1) is 0 Å². The molecule has 1 N–H and O–H groups in total. The molecule has 1 aliphatic rings. The van der Waals surface area contributed by atoms with Crippen molar-refractivity contribution in [2.24, 2.45) is 0 Å². The minimum atomic E-state index is -2.85. The third-order valence-electron chi connectivity index (χ3n) is 3.66. The summed E-state index contributed by atoms with van der Waals surface area (Å²) in [7, 11) is -2.85. The number of anilines is 1. The lowest BCUT2D eigenvalue weighted by atomic mass is 10.1. The van der Waals surface area contributed by atoms with Gasteiger partial charge in [-0.25, -0.2) is 13.4 Å². The van der Waals surface area contributed by atoms with Crippen LogP contribution in [0.1, 0.15) is 12.8 Å². The van der Waals surface area contributed by atoms with Gasteiger partial charge in [-0.1, -0.05) is 17.7 Å². The van der Waals surface area contributed by atoms with Crippen LogP contribution in [0.5, 0.6) is 0 Å². The van der Waals surface area contributed by atoms with E-state index in [0.717, 1.165) is 11.4 Å². The standard InChI is InChI=1S/C14H16ClN3O2S/c15-12-2-1-3-13(14(12)18-7-6-16-10-18)17-11-4-8-21(19,20)9-5-11/h1-3,6-7,10-11,17H,4-5,8-9H2. The fourth-order valence-electron chi connectivity index (χ4n) is 2.54. The normalized spacial score (nSPS) is 18.5. The van der Waals surface area contributed by atoms with Crippen LogP contribution >= 0.6 is 11.6 Å². The van der Waals surface area contributed by atoms with Crippen molar-refractivity contribution in [3.05, 3.63) is 41.9 Å². The maximum Gasteiger partial charge on any atom is 0.150 e. The van der Waals surface area contributed by atoms with Gasteiger partial charge in [-0.05, 0) is 25.0 Å². The highest BCUT2D eigenvalue weighted by atomic mass is 35.5. The molecule has 7 heteroatoms. The molecule has 2 heterocycles. The number of hydrogen-bond donors (Lipinski definition) is 1. The van der Waals surface area contributed by atoms with Gasteiger partial charge in [-0.3, -0.25) is 0 Å². The Hall–Kier alpha value is -1.53. The molecular weight excluding hydrogens is 310 g/mol. The lowest BCUT2D eigenvalue weighted by Gasteiger charge is -2.25. The van der Waals surface area contributed by atoms with E-state index in [1.165, 1.54) is 0 Å². The molecule has 0 aliphatic carbocycles. The number of nitrogens with one attached hydrogen (secondary N) is 1. The van der Waals surface area contributed by atoms with E-state index in [0.29, 0.717) is 17.9 Å². The van der Waals surface area contributed by atoms with E-state index in [1.807, 2.05) is 29.0 Å². The summed E-state index contributed by atoms with van der Waals surface area (Å²) in [5.41, 5.74) is 1.73. The summed E-state index contributed by atoms with van der Waals surface area (Å²) in [5, 5.41) is 4.05. The van der Waals surface area contributed by atoms with Crippen molar-refractivity contribution < 1.29 is 8.42 Å². The fourth-order valence-corrected chi connectivity index (χ4v) is 4.30. The van der Waals surface area contributed by atoms with E-state index in [-0.39, 0.29) is 17.5 Å². The molecular formula is C14H16ClN3O2S. The Bertz CT molecular complexity index is 715. The molecule has 21 heavy (non-hydrogen) atoms. The quantitative estimate of drug-likeness (QED) is 0.941. The van der Waals surface area contributed by atoms with Crippen LogP contribution in [0.4, 0.5) is 5.69 Å². The van der Waals surface area contributed by atoms with Crippen LogP contribution in [-0.4, -0.2) is 35.5 Å². The van der Waals surface area contributed by atoms with E-state index in [1.54, 1.807) is 12.5 Å². The molecule has 3 rings (SSSR count). The summed E-state index contributed by atoms with van der Waals surface area (Å²) in [6.45, 7) is 0. The van der Waals surface area contributed by atoms with Crippen molar-refractivity contribution in [1.82, 2.24) is 9.55 Å². The SMILES string of the molecule is O=S1(=O)CCC(Nc2cccc(Cl)c2-n2ccnc2)CC1. The van der Waals surface area contributed by atoms with E-state index >= 15 is 0 Å². The van der Waals surface area contributed by atoms with E-state index in [4.69, 9.17) is 11.6 Å². The summed E-state index contributed by atoms with van der Waals surface area (Å²) in [6.07, 6.45) is 6.46. The average Bonchev–Trinajstić information content (AvgIpc) is 2.95. The molecule has 0 unspecified atom stereocenters. The molecule has 0 bridgehead atoms. The lowest BCUT2D eigenvalue weighted by molar-refractivity contribution is 0.559. The molecule has 2 aromatic rings. The van der Waals surface area contributed by atoms with Crippen molar-refractivity contribution >= 4 is 27.1 Å². The topological polar surface area (TPSA) is 64.0 Å². The Morgan fingerprint density at radius 1 is 1.29 bits per heavy atom. The van der Waals surface area contributed by atoms with Crippen LogP contribution in [0.2, 0.25) is 5.02 Å². The highest BCUT2D eigenvalue weighted by Crippen LogP contribution is 2.30. The number of rotatable bonds is 3. The van der Waals surface area contributed by atoms with Gasteiger partial charge in [0.25, 0.3) is 0 Å². The Labute approximate surface area is 128 Å². The van der Waals surface area contributed by atoms with Crippen LogP contribution in [0.25, 0.3) is 5.69 Å². The van der Waals surface area contributed by atoms with Crippen molar-refractivity contribution in [2.45, 2.75) is 18.9 Å². The second kappa shape index (κ2) is 5.69. The zero-order chi connectivity index (χ0) is 14.9. The summed E-state index contributed by atoms with van der Waals surface area (Å²) >= 11 is 6.30. The molecule has 0 radical (unpaired) electrons. The minimum Gasteiger partial charge on any atom is -0.381 e. The van der Waals surface area contributed by atoms with Crippen molar-refractivity contribution in [3.63, 3.8) is 0 Å². The second-order valence-corrected chi connectivity index (χ2v) is 7.89. The third-order valence-corrected chi connectivity index (χ3v) is 5.68. The highest BCUT2D eigenvalue weighted by molar-refractivity contribution is 7.91. The second-order valence-electron chi connectivity index (χ2n) is 5.18. The number of halogens is 1. The van der Waals surface area contributed by atoms with Gasteiger partial charge in [0.15, 0.2) is 0 Å². The first-order chi connectivity index (χ1) is 10.1. The zero-order valence-corrected chi connectivity index (χ0v) is 12.9. The number of sulfone groups is 1. The van der Waals surface area contributed by atoms with Crippen LogP contribution < -0.4 is 5.32 Å². The summed E-state index contributed by atoms with van der Waals surface area (Å²) in [5.74, 6) is 0.483. The third kappa shape index (κ3) is 3.22. The Morgan fingerprint density at radius 3 is 2.71 bits per heavy atom. The number of benzene rings is 1. The Balaban J connectivity index is 1.85. The molecule has 1 saturated heterocycles. The van der Waals surface area contributed by atoms with Gasteiger partial charge in [0.1, 0.15) is 9.84 Å². The van der Waals surface area contributed by atoms with Gasteiger partial charge in [0, 0.05) is 18.4 Å². The van der Waals surface area contributed by atoms with E-state index < -0.39 is 9.84 Å². The molecule has 1 fully saturated rings. The molecule has 112 valence electrons. The predicted octanol–water partition coefficient (Wildman–Crippen LogP) is 2.51. The smallest absolute Gasteiger partial charge is 0.150 e. The van der Waals surface area contributed by atoms with Gasteiger partial charge in [-0.15, -0.1) is 0 Å². The number of nitrogens with zero attached hydrogens (tertiary/aromatic N) is 2. The van der Waals surface area contributed by atoms with Gasteiger partial charge >= 0.3 is 0 Å². The monoisotopic (exact) mass is 325 g/mol. The predicted molar refractivity (Wildman–Crippen MR) is 83.9 cm³/mol. The first kappa shape index (κ1) is 14.4. The number of aromatic nitrogens is 2. The Kier molecular flexibility index (Phi) is 3.91. The first-order valence-electron chi connectivity index (χ1n) is 6.79. The first-order valence-corrected chi connectivity index (χ1v) is 8.99. The van der Waals surface area contributed by atoms with Crippen molar-refractivity contribution in [2.75, 3.05) is 16.8 Å². The van der Waals surface area contributed by atoms with Gasteiger partial charge < -0.3 is 9.88 Å². The van der Waals surface area contributed by atoms with Crippen molar-refractivity contribution in [1.29, 1.82) is 0 Å². The maximum atomic E-state index is 11.5. The largest absolute Gasteiger partial charge is 0.381 e. The van der Waals surface area contributed by atoms with Crippen LogP contribution in [-0.2, 0) is 9.84 Å². The summed E-state index contributed by atoms with van der Waals surface area (Å²) in [6, 6.07) is 5.80. The molecule has 5 nitrogen and oxygen atoms in total. The molecule has 0 amide bonds. The summed E-state index contributed by atoms with van der Waals surface area (Å²) in [4.78, 5) is 4.04. The lowest BCUT2D eigenvalue weighted by Crippen LogP contribution is -2.32. The van der Waals surface area contributed by atoms with Crippen molar-refractivity contribution in [3.8, 4) is 5.69 Å². The number of para-hydroxylation sites is 1. The van der Waals surface area contributed by atoms with Crippen LogP contribution in [0.15, 0.2) is 36.9 Å². The molecule has 0 atom stereocenters. The molecule has 1 aromatic heterocycles. The van der Waals surface area contributed by atoms with E-state index in [2.05, 4.69) is 10.3 Å². The van der Waals surface area contributed by atoms with Gasteiger partial charge in [0.05, 0.1) is 34.2 Å². The molecule has 1 aromatic carbocycles. The minimum absolute atomic E-state index is 0.147. The summed E-state index contributed by atoms with van der Waals surface area (Å²) < 4.78 is 24.8. The van der Waals surface area contributed by atoms with Gasteiger partial charge in [0.2, 0.25) is 0 Å². The van der Waals surface area contributed by atoms with Crippen LogP contribution in [0.3, 0.4) is 0 Å².